The van der Waals surface area contributed by atoms with Gasteiger partial charge < -0.3 is 15.3 Å². The van der Waals surface area contributed by atoms with Crippen molar-refractivity contribution in [2.75, 3.05) is 18.8 Å². The average Bonchev–Trinajstić information content (AvgIpc) is 2.38. The van der Waals surface area contributed by atoms with Crippen LogP contribution in [0.5, 0.6) is 0 Å². The van der Waals surface area contributed by atoms with E-state index in [-0.39, 0.29) is 30.2 Å². The Kier molecular flexibility index (Phi) is 4.11. The quantitative estimate of drug-likeness (QED) is 0.719. The van der Waals surface area contributed by atoms with Gasteiger partial charge in [-0.3, -0.25) is 9.59 Å². The topological polar surface area (TPSA) is 86.7 Å². The molecule has 2 aliphatic heterocycles. The van der Waals surface area contributed by atoms with Crippen LogP contribution in [0.4, 0.5) is 0 Å². The standard InChI is InChI=1S/C11H16N2O4S/c14-9-6-13(7(5-12-9)11(16)17)10(15)8-3-1-2-4-18-8/h7-8H,1-6H2,(H,12,14)(H,16,17). The van der Waals surface area contributed by atoms with Crippen LogP contribution in [0.2, 0.25) is 0 Å². The van der Waals surface area contributed by atoms with Crippen molar-refractivity contribution in [3.8, 4) is 0 Å². The highest BCUT2D eigenvalue weighted by Gasteiger charge is 2.38. The third-order valence-electron chi connectivity index (χ3n) is 3.21. The number of carbonyl (C=O) groups is 3. The molecule has 0 aliphatic carbocycles. The molecule has 0 bridgehead atoms. The van der Waals surface area contributed by atoms with Crippen molar-refractivity contribution in [3.05, 3.63) is 0 Å². The Hall–Kier alpha value is -1.24. The van der Waals surface area contributed by atoms with E-state index >= 15 is 0 Å². The van der Waals surface area contributed by atoms with Crippen LogP contribution in [-0.4, -0.2) is 57.9 Å². The Morgan fingerprint density at radius 1 is 1.39 bits per heavy atom. The smallest absolute Gasteiger partial charge is 0.328 e. The minimum absolute atomic E-state index is 0.00269. The lowest BCUT2D eigenvalue weighted by molar-refractivity contribution is -0.153. The summed E-state index contributed by atoms with van der Waals surface area (Å²) < 4.78 is 0. The minimum Gasteiger partial charge on any atom is -0.480 e. The second-order valence-electron chi connectivity index (χ2n) is 4.48. The number of carbonyl (C=O) groups excluding carboxylic acids is 2. The van der Waals surface area contributed by atoms with E-state index in [2.05, 4.69) is 5.32 Å². The van der Waals surface area contributed by atoms with E-state index < -0.39 is 12.0 Å². The van der Waals surface area contributed by atoms with E-state index in [1.807, 2.05) is 0 Å². The zero-order valence-electron chi connectivity index (χ0n) is 9.92. The van der Waals surface area contributed by atoms with Crippen molar-refractivity contribution < 1.29 is 19.5 Å². The summed E-state index contributed by atoms with van der Waals surface area (Å²) in [6.07, 6.45) is 2.85. The maximum atomic E-state index is 12.3. The summed E-state index contributed by atoms with van der Waals surface area (Å²) >= 11 is 1.56. The van der Waals surface area contributed by atoms with Gasteiger partial charge in [0.25, 0.3) is 0 Å². The molecule has 18 heavy (non-hydrogen) atoms. The molecule has 2 amide bonds. The average molecular weight is 272 g/mol. The third kappa shape index (κ3) is 2.77. The highest BCUT2D eigenvalue weighted by molar-refractivity contribution is 8.00. The molecule has 2 rings (SSSR count). The molecule has 2 heterocycles. The number of nitrogens with one attached hydrogen (secondary N) is 1. The van der Waals surface area contributed by atoms with Gasteiger partial charge in [0.15, 0.2) is 0 Å². The first-order chi connectivity index (χ1) is 8.59. The summed E-state index contributed by atoms with van der Waals surface area (Å²) in [6.45, 7) is -0.149. The van der Waals surface area contributed by atoms with Crippen LogP contribution in [-0.2, 0) is 14.4 Å². The molecule has 0 aromatic heterocycles. The first-order valence-corrected chi connectivity index (χ1v) is 7.06. The summed E-state index contributed by atoms with van der Waals surface area (Å²) in [7, 11) is 0. The molecular formula is C11H16N2O4S. The Balaban J connectivity index is 2.08. The summed E-state index contributed by atoms with van der Waals surface area (Å²) in [5.41, 5.74) is 0. The largest absolute Gasteiger partial charge is 0.480 e. The summed E-state index contributed by atoms with van der Waals surface area (Å²) in [5, 5.41) is 11.4. The van der Waals surface area contributed by atoms with Crippen molar-refractivity contribution >= 4 is 29.5 Å². The molecule has 2 fully saturated rings. The van der Waals surface area contributed by atoms with Crippen LogP contribution in [0.3, 0.4) is 0 Å². The highest BCUT2D eigenvalue weighted by atomic mass is 32.2. The van der Waals surface area contributed by atoms with E-state index in [9.17, 15) is 14.4 Å². The number of hydrogen-bond donors (Lipinski definition) is 2. The van der Waals surface area contributed by atoms with Gasteiger partial charge in [-0.2, -0.15) is 0 Å². The van der Waals surface area contributed by atoms with E-state index in [1.54, 1.807) is 11.8 Å². The maximum Gasteiger partial charge on any atom is 0.328 e. The minimum atomic E-state index is -1.07. The molecule has 2 atom stereocenters. The second kappa shape index (κ2) is 5.60. The number of carboxylic acid groups (broad SMARTS) is 1. The van der Waals surface area contributed by atoms with Crippen LogP contribution >= 0.6 is 11.8 Å². The van der Waals surface area contributed by atoms with E-state index in [0.717, 1.165) is 25.0 Å². The zero-order chi connectivity index (χ0) is 13.1. The van der Waals surface area contributed by atoms with Gasteiger partial charge in [-0.05, 0) is 18.6 Å². The first-order valence-electron chi connectivity index (χ1n) is 6.01. The van der Waals surface area contributed by atoms with Crippen LogP contribution in [0.15, 0.2) is 0 Å². The van der Waals surface area contributed by atoms with Gasteiger partial charge in [0.1, 0.15) is 12.6 Å². The fourth-order valence-corrected chi connectivity index (χ4v) is 3.48. The number of rotatable bonds is 2. The summed E-state index contributed by atoms with van der Waals surface area (Å²) in [4.78, 5) is 35.9. The molecule has 2 unspecified atom stereocenters. The van der Waals surface area contributed by atoms with Crippen LogP contribution in [0.25, 0.3) is 0 Å². The van der Waals surface area contributed by atoms with Crippen molar-refractivity contribution in [2.45, 2.75) is 30.6 Å². The molecule has 6 nitrogen and oxygen atoms in total. The Bertz CT molecular complexity index is 368. The van der Waals surface area contributed by atoms with Gasteiger partial charge in [-0.15, -0.1) is 11.8 Å². The van der Waals surface area contributed by atoms with Crippen LogP contribution < -0.4 is 5.32 Å². The fourth-order valence-electron chi connectivity index (χ4n) is 2.21. The van der Waals surface area contributed by atoms with Crippen molar-refractivity contribution in [1.29, 1.82) is 0 Å². The first kappa shape index (κ1) is 13.2. The number of piperazine rings is 1. The zero-order valence-corrected chi connectivity index (χ0v) is 10.7. The Labute approximate surface area is 109 Å². The lowest BCUT2D eigenvalue weighted by atomic mass is 10.1. The van der Waals surface area contributed by atoms with E-state index in [0.29, 0.717) is 0 Å². The van der Waals surface area contributed by atoms with Crippen LogP contribution in [0, 0.1) is 0 Å². The molecule has 100 valence electrons. The van der Waals surface area contributed by atoms with Gasteiger partial charge in [-0.1, -0.05) is 6.42 Å². The maximum absolute atomic E-state index is 12.3. The lowest BCUT2D eigenvalue weighted by Gasteiger charge is -2.35. The number of thioether (sulfide) groups is 1. The highest BCUT2D eigenvalue weighted by Crippen LogP contribution is 2.27. The van der Waals surface area contributed by atoms with E-state index in [1.165, 1.54) is 4.90 Å². The van der Waals surface area contributed by atoms with Gasteiger partial charge in [0.2, 0.25) is 11.8 Å². The molecule has 0 aromatic rings. The molecule has 0 aromatic carbocycles. The number of carboxylic acids is 1. The molecule has 2 N–H and O–H groups in total. The SMILES string of the molecule is O=C1CN(C(=O)C2CCCCS2)C(C(=O)O)CN1. The third-order valence-corrected chi connectivity index (χ3v) is 4.57. The summed E-state index contributed by atoms with van der Waals surface area (Å²) in [6, 6.07) is -0.933. The monoisotopic (exact) mass is 272 g/mol. The molecule has 0 saturated carbocycles. The normalized spacial score (nSPS) is 28.7. The Morgan fingerprint density at radius 3 is 2.78 bits per heavy atom. The number of nitrogens with zero attached hydrogens (tertiary/aromatic N) is 1. The van der Waals surface area contributed by atoms with Gasteiger partial charge in [-0.25, -0.2) is 4.79 Å². The van der Waals surface area contributed by atoms with Crippen LogP contribution in [0.1, 0.15) is 19.3 Å². The second-order valence-corrected chi connectivity index (χ2v) is 5.79. The molecular weight excluding hydrogens is 256 g/mol. The van der Waals surface area contributed by atoms with Crippen molar-refractivity contribution in [3.63, 3.8) is 0 Å². The predicted molar refractivity (Wildman–Crippen MR) is 66.2 cm³/mol. The lowest BCUT2D eigenvalue weighted by Crippen LogP contribution is -2.60. The molecule has 7 heteroatoms. The number of amides is 2. The molecule has 0 spiro atoms. The predicted octanol–water partition coefficient (Wildman–Crippen LogP) is -0.316. The van der Waals surface area contributed by atoms with Gasteiger partial charge in [0, 0.05) is 6.54 Å². The number of hydrogen-bond acceptors (Lipinski definition) is 4. The molecule has 2 saturated heterocycles. The van der Waals surface area contributed by atoms with Gasteiger partial charge in [0.05, 0.1) is 5.25 Å². The summed E-state index contributed by atoms with van der Waals surface area (Å²) in [5.74, 6) is -0.637. The van der Waals surface area contributed by atoms with E-state index in [4.69, 9.17) is 5.11 Å². The van der Waals surface area contributed by atoms with Crippen molar-refractivity contribution in [2.24, 2.45) is 0 Å². The van der Waals surface area contributed by atoms with Crippen molar-refractivity contribution in [1.82, 2.24) is 10.2 Å². The van der Waals surface area contributed by atoms with Gasteiger partial charge >= 0.3 is 5.97 Å². The molecule has 2 aliphatic rings. The fraction of sp³-hybridized carbons (Fsp3) is 0.727. The molecule has 0 radical (unpaired) electrons. The Morgan fingerprint density at radius 2 is 2.17 bits per heavy atom. The number of aliphatic carboxylic acids is 1.